The molecule has 0 amide bonds. The van der Waals surface area contributed by atoms with E-state index in [1.165, 1.54) is 28.5 Å². The second kappa shape index (κ2) is 7.88. The number of hydrogen-bond acceptors (Lipinski definition) is 2. The average molecular weight is 349 g/mol. The van der Waals surface area contributed by atoms with Crippen LogP contribution in [0.3, 0.4) is 0 Å². The van der Waals surface area contributed by atoms with Gasteiger partial charge in [0.05, 0.1) is 0 Å². The fourth-order valence-electron chi connectivity index (χ4n) is 3.90. The molecular formula is C23H24FNO. The number of ether oxygens (including phenoxy) is 1. The summed E-state index contributed by atoms with van der Waals surface area (Å²) in [4.78, 5) is 0. The Morgan fingerprint density at radius 3 is 2.46 bits per heavy atom. The van der Waals surface area contributed by atoms with Crippen LogP contribution >= 0.6 is 0 Å². The Morgan fingerprint density at radius 2 is 1.65 bits per heavy atom. The average Bonchev–Trinajstić information content (AvgIpc) is 2.70. The highest BCUT2D eigenvalue weighted by Gasteiger charge is 2.26. The van der Waals surface area contributed by atoms with Gasteiger partial charge >= 0.3 is 0 Å². The fraction of sp³-hybridized carbons (Fsp3) is 0.304. The summed E-state index contributed by atoms with van der Waals surface area (Å²) in [7, 11) is 0. The summed E-state index contributed by atoms with van der Waals surface area (Å²) in [6.45, 7) is 2.06. The zero-order valence-electron chi connectivity index (χ0n) is 14.8. The molecule has 0 aliphatic carbocycles. The first kappa shape index (κ1) is 17.0. The summed E-state index contributed by atoms with van der Waals surface area (Å²) in [5.74, 6) is 1.01. The molecule has 1 aliphatic heterocycles. The third-order valence-corrected chi connectivity index (χ3v) is 5.31. The summed E-state index contributed by atoms with van der Waals surface area (Å²) in [5.41, 5.74) is 1.31. The van der Waals surface area contributed by atoms with Gasteiger partial charge < -0.3 is 10.1 Å². The first-order valence-electron chi connectivity index (χ1n) is 9.39. The van der Waals surface area contributed by atoms with Crippen LogP contribution in [0.5, 0.6) is 5.75 Å². The van der Waals surface area contributed by atoms with Crippen molar-refractivity contribution in [2.75, 3.05) is 13.1 Å². The Hall–Kier alpha value is -2.39. The van der Waals surface area contributed by atoms with E-state index in [1.807, 2.05) is 0 Å². The van der Waals surface area contributed by atoms with Gasteiger partial charge in [-0.2, -0.15) is 0 Å². The maximum atomic E-state index is 13.2. The lowest BCUT2D eigenvalue weighted by atomic mass is 9.87. The summed E-state index contributed by atoms with van der Waals surface area (Å²) in [5, 5.41) is 5.98. The lowest BCUT2D eigenvalue weighted by Gasteiger charge is -2.31. The van der Waals surface area contributed by atoms with Crippen LogP contribution in [0.25, 0.3) is 10.8 Å². The number of rotatable bonds is 5. The molecular weight excluding hydrogens is 325 g/mol. The highest BCUT2D eigenvalue weighted by Crippen LogP contribution is 2.28. The molecule has 26 heavy (non-hydrogen) atoms. The van der Waals surface area contributed by atoms with Crippen LogP contribution in [0.4, 0.5) is 4.39 Å². The van der Waals surface area contributed by atoms with Gasteiger partial charge in [-0.15, -0.1) is 0 Å². The van der Waals surface area contributed by atoms with Gasteiger partial charge in [-0.25, -0.2) is 4.39 Å². The summed E-state index contributed by atoms with van der Waals surface area (Å²) >= 11 is 0. The van der Waals surface area contributed by atoms with E-state index in [-0.39, 0.29) is 11.9 Å². The Kier molecular flexibility index (Phi) is 5.16. The van der Waals surface area contributed by atoms with Gasteiger partial charge in [-0.3, -0.25) is 0 Å². The zero-order valence-corrected chi connectivity index (χ0v) is 14.8. The second-order valence-electron chi connectivity index (χ2n) is 7.04. The largest absolute Gasteiger partial charge is 0.490 e. The molecule has 3 aromatic carbocycles. The molecule has 134 valence electrons. The third kappa shape index (κ3) is 3.88. The quantitative estimate of drug-likeness (QED) is 0.702. The van der Waals surface area contributed by atoms with E-state index in [1.54, 1.807) is 12.1 Å². The molecule has 2 nitrogen and oxygen atoms in total. The molecule has 0 aromatic heterocycles. The normalized spacial score (nSPS) is 16.5. The zero-order chi connectivity index (χ0) is 17.8. The van der Waals surface area contributed by atoms with Gasteiger partial charge in [0.25, 0.3) is 0 Å². The first-order chi connectivity index (χ1) is 12.8. The van der Waals surface area contributed by atoms with Crippen molar-refractivity contribution in [2.24, 2.45) is 5.92 Å². The Bertz CT molecular complexity index is 850. The molecule has 1 fully saturated rings. The molecule has 1 unspecified atom stereocenters. The highest BCUT2D eigenvalue weighted by molar-refractivity contribution is 5.85. The standard InChI is InChI=1S/C23H24FNO/c24-20-8-10-21(11-9-20)26-23(18-12-14-25-15-13-18)16-19-6-3-5-17-4-1-2-7-22(17)19/h1-11,18,23,25H,12-16H2. The second-order valence-corrected chi connectivity index (χ2v) is 7.04. The van der Waals surface area contributed by atoms with Crippen molar-refractivity contribution in [1.82, 2.24) is 5.32 Å². The predicted octanol–water partition coefficient (Wildman–Crippen LogP) is 4.97. The van der Waals surface area contributed by atoms with Gasteiger partial charge in [0.2, 0.25) is 0 Å². The van der Waals surface area contributed by atoms with Crippen molar-refractivity contribution >= 4 is 10.8 Å². The van der Waals surface area contributed by atoms with E-state index in [0.29, 0.717) is 5.92 Å². The van der Waals surface area contributed by atoms with E-state index >= 15 is 0 Å². The van der Waals surface area contributed by atoms with E-state index in [4.69, 9.17) is 4.74 Å². The van der Waals surface area contributed by atoms with Gasteiger partial charge in [0, 0.05) is 6.42 Å². The third-order valence-electron chi connectivity index (χ3n) is 5.31. The number of piperidine rings is 1. The van der Waals surface area contributed by atoms with Crippen LogP contribution in [-0.2, 0) is 6.42 Å². The van der Waals surface area contributed by atoms with E-state index in [0.717, 1.165) is 38.1 Å². The minimum absolute atomic E-state index is 0.0911. The molecule has 0 bridgehead atoms. The van der Waals surface area contributed by atoms with E-state index in [9.17, 15) is 4.39 Å². The van der Waals surface area contributed by atoms with Crippen LogP contribution in [0, 0.1) is 11.7 Å². The van der Waals surface area contributed by atoms with Crippen molar-refractivity contribution < 1.29 is 9.13 Å². The molecule has 1 aliphatic rings. The molecule has 1 N–H and O–H groups in total. The van der Waals surface area contributed by atoms with E-state index < -0.39 is 0 Å². The van der Waals surface area contributed by atoms with Crippen molar-refractivity contribution in [3.8, 4) is 5.75 Å². The summed E-state index contributed by atoms with van der Waals surface area (Å²) in [6, 6.07) is 21.4. The Balaban J connectivity index is 1.62. The number of hydrogen-bond donors (Lipinski definition) is 1. The first-order valence-corrected chi connectivity index (χ1v) is 9.39. The molecule has 3 heteroatoms. The number of benzene rings is 3. The lowest BCUT2D eigenvalue weighted by molar-refractivity contribution is 0.112. The molecule has 1 atom stereocenters. The molecule has 4 rings (SSSR count). The number of fused-ring (bicyclic) bond motifs is 1. The van der Waals surface area contributed by atoms with Gasteiger partial charge in [0.1, 0.15) is 17.7 Å². The lowest BCUT2D eigenvalue weighted by Crippen LogP contribution is -2.38. The SMILES string of the molecule is Fc1ccc(OC(Cc2cccc3ccccc23)C2CCNCC2)cc1. The molecule has 0 spiro atoms. The minimum Gasteiger partial charge on any atom is -0.490 e. The fourth-order valence-corrected chi connectivity index (χ4v) is 3.90. The topological polar surface area (TPSA) is 21.3 Å². The Labute approximate surface area is 154 Å². The number of nitrogens with one attached hydrogen (secondary N) is 1. The minimum atomic E-state index is -0.232. The number of halogens is 1. The maximum Gasteiger partial charge on any atom is 0.123 e. The van der Waals surface area contributed by atoms with Crippen LogP contribution in [-0.4, -0.2) is 19.2 Å². The van der Waals surface area contributed by atoms with Crippen LogP contribution in [0.1, 0.15) is 18.4 Å². The van der Waals surface area contributed by atoms with Gasteiger partial charge in [-0.05, 0) is 72.5 Å². The molecule has 0 radical (unpaired) electrons. The van der Waals surface area contributed by atoms with Gasteiger partial charge in [-0.1, -0.05) is 42.5 Å². The molecule has 1 saturated heterocycles. The highest BCUT2D eigenvalue weighted by atomic mass is 19.1. The van der Waals surface area contributed by atoms with E-state index in [2.05, 4.69) is 47.8 Å². The van der Waals surface area contributed by atoms with Crippen LogP contribution in [0.15, 0.2) is 66.7 Å². The predicted molar refractivity (Wildman–Crippen MR) is 104 cm³/mol. The smallest absolute Gasteiger partial charge is 0.123 e. The molecule has 3 aromatic rings. The monoisotopic (exact) mass is 349 g/mol. The van der Waals surface area contributed by atoms with Crippen molar-refractivity contribution in [3.05, 3.63) is 78.1 Å². The van der Waals surface area contributed by atoms with Crippen molar-refractivity contribution in [2.45, 2.75) is 25.4 Å². The van der Waals surface area contributed by atoms with Crippen molar-refractivity contribution in [1.29, 1.82) is 0 Å². The Morgan fingerprint density at radius 1 is 0.923 bits per heavy atom. The summed E-state index contributed by atoms with van der Waals surface area (Å²) in [6.07, 6.45) is 3.17. The maximum absolute atomic E-state index is 13.2. The molecule has 0 saturated carbocycles. The van der Waals surface area contributed by atoms with Crippen LogP contribution in [0.2, 0.25) is 0 Å². The van der Waals surface area contributed by atoms with Crippen LogP contribution < -0.4 is 10.1 Å². The summed E-state index contributed by atoms with van der Waals surface area (Å²) < 4.78 is 19.6. The molecule has 1 heterocycles. The van der Waals surface area contributed by atoms with Crippen molar-refractivity contribution in [3.63, 3.8) is 0 Å². The van der Waals surface area contributed by atoms with Gasteiger partial charge in [0.15, 0.2) is 0 Å².